The third-order valence-electron chi connectivity index (χ3n) is 10.4. The quantitative estimate of drug-likeness (QED) is 0.130. The molecule has 1 aliphatic heterocycles. The predicted octanol–water partition coefficient (Wildman–Crippen LogP) is 11.1. The molecule has 6 aromatic carbocycles. The first kappa shape index (κ1) is 31.1. The van der Waals surface area contributed by atoms with Gasteiger partial charge in [0, 0.05) is 60.3 Å². The van der Waals surface area contributed by atoms with Crippen molar-refractivity contribution in [2.24, 2.45) is 5.41 Å². The van der Waals surface area contributed by atoms with Gasteiger partial charge in [-0.25, -0.2) is 0 Å². The molecule has 0 saturated carbocycles. The van der Waals surface area contributed by atoms with Crippen molar-refractivity contribution in [3.05, 3.63) is 181 Å². The Bertz CT molecular complexity index is 3260. The van der Waals surface area contributed by atoms with Gasteiger partial charge in [0.25, 0.3) is 0 Å². The second-order valence-electron chi connectivity index (χ2n) is 15.2. The zero-order valence-corrected chi connectivity index (χ0v) is 34.1. The van der Waals surface area contributed by atoms with Crippen LogP contribution in [0.4, 0.5) is 0 Å². The van der Waals surface area contributed by atoms with Crippen LogP contribution < -0.4 is 5.46 Å². The Balaban J connectivity index is 0.000000177. The number of benzene rings is 6. The van der Waals surface area contributed by atoms with E-state index in [0.29, 0.717) is 11.3 Å². The molecule has 7 heteroatoms. The number of nitrogens with zero attached hydrogens (tertiary/aromatic N) is 5. The van der Waals surface area contributed by atoms with Gasteiger partial charge in [-0.15, -0.1) is 71.8 Å². The monoisotopic (exact) mass is 919 g/mol. The van der Waals surface area contributed by atoms with E-state index >= 15 is 0 Å². The molecule has 5 heterocycles. The number of hydrogen-bond acceptors (Lipinski definition) is 2. The van der Waals surface area contributed by atoms with E-state index in [1.54, 1.807) is 32.9 Å². The zero-order chi connectivity index (χ0) is 42.3. The first-order valence-corrected chi connectivity index (χ1v) is 18.9. The van der Waals surface area contributed by atoms with E-state index < -0.39 is 18.6 Å². The van der Waals surface area contributed by atoms with Gasteiger partial charge in [0.1, 0.15) is 11.2 Å². The van der Waals surface area contributed by atoms with Crippen molar-refractivity contribution in [2.45, 2.75) is 34.0 Å². The summed E-state index contributed by atoms with van der Waals surface area (Å²) in [6, 6.07) is 58.3. The maximum atomic E-state index is 8.48. The van der Waals surface area contributed by atoms with Gasteiger partial charge in [0.15, 0.2) is 0 Å². The van der Waals surface area contributed by atoms with E-state index in [1.807, 2.05) is 30.3 Å². The molecule has 0 spiro atoms. The Kier molecular flexibility index (Phi) is 7.91. The van der Waals surface area contributed by atoms with Gasteiger partial charge >= 0.3 is 6.98 Å². The minimum Gasteiger partial charge on any atom is -0.359 e. The molecule has 0 atom stereocenters. The van der Waals surface area contributed by atoms with Crippen LogP contribution in [0, 0.1) is 24.4 Å². The van der Waals surface area contributed by atoms with Crippen molar-refractivity contribution >= 4 is 56.3 Å². The third kappa shape index (κ3) is 6.23. The van der Waals surface area contributed by atoms with Crippen LogP contribution >= 0.6 is 0 Å². The Morgan fingerprint density at radius 1 is 0.702 bits per heavy atom. The fourth-order valence-corrected chi connectivity index (χ4v) is 8.17. The van der Waals surface area contributed by atoms with Crippen LogP contribution in [-0.2, 0) is 26.5 Å². The number of fused-ring (bicyclic) bond motifs is 7. The van der Waals surface area contributed by atoms with Crippen molar-refractivity contribution in [1.29, 1.82) is 0 Å². The maximum Gasteiger partial charge on any atom is 0.421 e. The summed E-state index contributed by atoms with van der Waals surface area (Å²) < 4.78 is 47.4. The zero-order valence-electron chi connectivity index (χ0n) is 36.7. The van der Waals surface area contributed by atoms with Crippen LogP contribution in [0.5, 0.6) is 0 Å². The summed E-state index contributed by atoms with van der Waals surface area (Å²) in [5, 5.41) is 3.67. The summed E-state index contributed by atoms with van der Waals surface area (Å²) in [5.41, 5.74) is 9.66. The maximum absolute atomic E-state index is 8.48. The molecular formula is C50H40BIrN5-2. The van der Waals surface area contributed by atoms with Crippen LogP contribution in [0.15, 0.2) is 158 Å². The van der Waals surface area contributed by atoms with E-state index in [-0.39, 0.29) is 38.2 Å². The van der Waals surface area contributed by atoms with E-state index in [2.05, 4.69) is 140 Å². The molecule has 279 valence electrons. The minimum atomic E-state index is -2.42. The topological polar surface area (TPSA) is 40.6 Å². The van der Waals surface area contributed by atoms with Gasteiger partial charge in [0.2, 0.25) is 0 Å². The number of hydrogen-bond donors (Lipinski definition) is 0. The molecule has 11 rings (SSSR count). The van der Waals surface area contributed by atoms with Crippen molar-refractivity contribution in [2.75, 3.05) is 0 Å². The first-order valence-electron chi connectivity index (χ1n) is 21.4. The smallest absolute Gasteiger partial charge is 0.359 e. The van der Waals surface area contributed by atoms with Gasteiger partial charge in [-0.2, -0.15) is 0 Å². The summed E-state index contributed by atoms with van der Waals surface area (Å²) >= 11 is 0. The Morgan fingerprint density at radius 3 is 2.05 bits per heavy atom. The summed E-state index contributed by atoms with van der Waals surface area (Å²) in [6.07, 6.45) is -0.550. The van der Waals surface area contributed by atoms with E-state index in [0.717, 1.165) is 33.6 Å². The van der Waals surface area contributed by atoms with Crippen molar-refractivity contribution < 1.29 is 27.0 Å². The number of rotatable bonds is 4. The molecular weight excluding hydrogens is 874 g/mol. The van der Waals surface area contributed by atoms with Crippen LogP contribution in [0.2, 0.25) is 0 Å². The number of imidazole rings is 1. The molecule has 5 nitrogen and oxygen atoms in total. The largest absolute Gasteiger partial charge is 0.421 e. The van der Waals surface area contributed by atoms with Crippen molar-refractivity contribution in [3.63, 3.8) is 0 Å². The number of aromatic nitrogens is 5. The van der Waals surface area contributed by atoms with Crippen LogP contribution in [0.25, 0.3) is 72.2 Å². The fourth-order valence-electron chi connectivity index (χ4n) is 8.17. The van der Waals surface area contributed by atoms with Gasteiger partial charge in [-0.3, -0.25) is 4.98 Å². The van der Waals surface area contributed by atoms with E-state index in [1.165, 1.54) is 39.0 Å². The average Bonchev–Trinajstić information content (AvgIpc) is 3.89. The molecule has 10 aromatic rings. The standard InChI is InChI=1S/C33H20BN4.C17H20N.Ir/c1-3-12-22(13-4-1)32-35-30-26-17-8-10-20-28(26)38-33(30)36(32)29-21-11-18-25-24-16-7-9-19-27(24)37(31(25)29)34(38)23-14-5-2-6-15-23;1-13-12-18-16(14-8-6-5-7-9-14)10-15(13)11-17(2,3)4;/h1-12,14-21H;5-8,10,12H,11H2,1-4H3;/q2*-1;/i;1D3,11D2;. The van der Waals surface area contributed by atoms with Crippen LogP contribution in [0.3, 0.4) is 0 Å². The summed E-state index contributed by atoms with van der Waals surface area (Å²) in [7, 11) is 0. The number of para-hydroxylation sites is 3. The molecule has 0 N–H and O–H groups in total. The Hall–Kier alpha value is -6.01. The number of aryl methyl sites for hydroxylation is 1. The minimum absolute atomic E-state index is 0. The van der Waals surface area contributed by atoms with Crippen molar-refractivity contribution in [1.82, 2.24) is 23.5 Å². The van der Waals surface area contributed by atoms with E-state index in [9.17, 15) is 0 Å². The molecule has 1 radical (unpaired) electrons. The molecule has 0 bridgehead atoms. The molecule has 0 saturated heterocycles. The second-order valence-corrected chi connectivity index (χ2v) is 15.2. The summed E-state index contributed by atoms with van der Waals surface area (Å²) in [6.45, 7) is 2.76. The van der Waals surface area contributed by atoms with Crippen molar-refractivity contribution in [3.8, 4) is 28.3 Å². The van der Waals surface area contributed by atoms with Crippen LogP contribution in [0.1, 0.15) is 38.8 Å². The van der Waals surface area contributed by atoms with Crippen LogP contribution in [-0.4, -0.2) is 30.5 Å². The molecule has 0 fully saturated rings. The third-order valence-corrected chi connectivity index (χ3v) is 10.4. The molecule has 0 aliphatic carbocycles. The Labute approximate surface area is 354 Å². The molecule has 1 aliphatic rings. The molecule has 4 aromatic heterocycles. The van der Waals surface area contributed by atoms with Gasteiger partial charge in [-0.05, 0) is 53.6 Å². The normalized spacial score (nSPS) is 13.9. The summed E-state index contributed by atoms with van der Waals surface area (Å²) in [5.74, 6) is 0.910. The van der Waals surface area contributed by atoms with Gasteiger partial charge in [0.05, 0.1) is 17.0 Å². The SMILES string of the molecule is [2H]C([2H])([2H])c1cnc(-c2[c-]cccc2)cc1C([2H])([2H])C(C)(C)C.[Ir].[c-]1ccccc1-c1nc2c3ccccc3n3c2n1-c1cccc2c4ccccc4n(c12)B3c1ccccc1. The Morgan fingerprint density at radius 2 is 1.35 bits per heavy atom. The van der Waals surface area contributed by atoms with E-state index in [4.69, 9.17) is 11.8 Å². The molecule has 0 amide bonds. The summed E-state index contributed by atoms with van der Waals surface area (Å²) in [4.78, 5) is 9.54. The van der Waals surface area contributed by atoms with Gasteiger partial charge in [-0.1, -0.05) is 111 Å². The van der Waals surface area contributed by atoms with Gasteiger partial charge < -0.3 is 18.5 Å². The predicted molar refractivity (Wildman–Crippen MR) is 233 cm³/mol. The second kappa shape index (κ2) is 14.5. The molecule has 57 heavy (non-hydrogen) atoms. The fraction of sp³-hybridized carbons (Fsp3) is 0.120. The average molecular weight is 919 g/mol. The number of pyridine rings is 1. The first-order chi connectivity index (χ1) is 29.3. The molecule has 0 unspecified atom stereocenters.